The number of carbonyl (C=O) groups is 2. The van der Waals surface area contributed by atoms with Gasteiger partial charge in [-0.1, -0.05) is 6.07 Å². The fourth-order valence-corrected chi connectivity index (χ4v) is 2.65. The van der Waals surface area contributed by atoms with E-state index < -0.39 is 5.91 Å². The fraction of sp³-hybridized carbons (Fsp3) is 0.176. The van der Waals surface area contributed by atoms with E-state index in [0.29, 0.717) is 24.1 Å². The van der Waals surface area contributed by atoms with Crippen LogP contribution in [0.2, 0.25) is 0 Å². The highest BCUT2D eigenvalue weighted by Crippen LogP contribution is 2.26. The van der Waals surface area contributed by atoms with Crippen LogP contribution in [0.1, 0.15) is 22.3 Å². The van der Waals surface area contributed by atoms with Crippen LogP contribution in [-0.4, -0.2) is 18.9 Å². The van der Waals surface area contributed by atoms with Crippen LogP contribution in [0.5, 0.6) is 5.75 Å². The third-order valence-electron chi connectivity index (χ3n) is 3.31. The van der Waals surface area contributed by atoms with Crippen molar-refractivity contribution in [1.29, 1.82) is 0 Å². The quantitative estimate of drug-likeness (QED) is 0.812. The van der Waals surface area contributed by atoms with Crippen molar-refractivity contribution in [2.45, 2.75) is 12.8 Å². The molecule has 0 atom stereocenters. The molecule has 0 spiro atoms. The van der Waals surface area contributed by atoms with Gasteiger partial charge in [-0.15, -0.1) is 0 Å². The van der Waals surface area contributed by atoms with E-state index in [1.54, 1.807) is 31.4 Å². The Hall–Kier alpha value is -2.34. The maximum absolute atomic E-state index is 12.0. The molecule has 2 rings (SSSR count). The SMILES string of the molecule is COc1ccc(CCC(=O)Nc2ccc(C(N)=O)cc2)cc1Br. The van der Waals surface area contributed by atoms with Gasteiger partial charge >= 0.3 is 0 Å². The van der Waals surface area contributed by atoms with Gasteiger partial charge < -0.3 is 15.8 Å². The van der Waals surface area contributed by atoms with E-state index in [4.69, 9.17) is 10.5 Å². The summed E-state index contributed by atoms with van der Waals surface area (Å²) in [5.41, 5.74) is 7.25. The minimum atomic E-state index is -0.493. The van der Waals surface area contributed by atoms with Gasteiger partial charge in [0.05, 0.1) is 11.6 Å². The minimum absolute atomic E-state index is 0.0937. The average Bonchev–Trinajstić information content (AvgIpc) is 2.53. The lowest BCUT2D eigenvalue weighted by atomic mass is 10.1. The van der Waals surface area contributed by atoms with E-state index in [-0.39, 0.29) is 5.91 Å². The maximum atomic E-state index is 12.0. The van der Waals surface area contributed by atoms with Crippen LogP contribution in [0.25, 0.3) is 0 Å². The Labute approximate surface area is 143 Å². The van der Waals surface area contributed by atoms with E-state index in [2.05, 4.69) is 21.2 Å². The predicted molar refractivity (Wildman–Crippen MR) is 92.6 cm³/mol. The second-order valence-corrected chi connectivity index (χ2v) is 5.81. The summed E-state index contributed by atoms with van der Waals surface area (Å²) in [6, 6.07) is 12.2. The van der Waals surface area contributed by atoms with Crippen molar-refractivity contribution < 1.29 is 14.3 Å². The summed E-state index contributed by atoms with van der Waals surface area (Å²) >= 11 is 3.42. The number of primary amides is 1. The Morgan fingerprint density at radius 1 is 1.17 bits per heavy atom. The molecule has 0 heterocycles. The zero-order valence-electron chi connectivity index (χ0n) is 12.6. The minimum Gasteiger partial charge on any atom is -0.496 e. The highest BCUT2D eigenvalue weighted by molar-refractivity contribution is 9.10. The monoisotopic (exact) mass is 376 g/mol. The van der Waals surface area contributed by atoms with Crippen molar-refractivity contribution in [1.82, 2.24) is 0 Å². The number of hydrogen-bond donors (Lipinski definition) is 2. The number of anilines is 1. The van der Waals surface area contributed by atoms with Crippen molar-refractivity contribution >= 4 is 33.4 Å². The number of methoxy groups -OCH3 is 1. The molecule has 0 saturated heterocycles. The zero-order chi connectivity index (χ0) is 16.8. The Morgan fingerprint density at radius 2 is 1.87 bits per heavy atom. The largest absolute Gasteiger partial charge is 0.496 e. The Morgan fingerprint density at radius 3 is 2.43 bits per heavy atom. The van der Waals surface area contributed by atoms with Gasteiger partial charge in [0.15, 0.2) is 0 Å². The molecule has 0 saturated carbocycles. The van der Waals surface area contributed by atoms with Crippen LogP contribution in [0.3, 0.4) is 0 Å². The van der Waals surface area contributed by atoms with E-state index in [1.807, 2.05) is 18.2 Å². The zero-order valence-corrected chi connectivity index (χ0v) is 14.2. The Bertz CT molecular complexity index is 714. The number of ether oxygens (including phenoxy) is 1. The lowest BCUT2D eigenvalue weighted by molar-refractivity contribution is -0.116. The maximum Gasteiger partial charge on any atom is 0.248 e. The summed E-state index contributed by atoms with van der Waals surface area (Å²) in [7, 11) is 1.61. The molecule has 0 aliphatic heterocycles. The van der Waals surface area contributed by atoms with Crippen LogP contribution in [0.4, 0.5) is 5.69 Å². The molecule has 3 N–H and O–H groups in total. The summed E-state index contributed by atoms with van der Waals surface area (Å²) in [6.45, 7) is 0. The van der Waals surface area contributed by atoms with Crippen LogP contribution in [-0.2, 0) is 11.2 Å². The third kappa shape index (κ3) is 4.82. The number of aryl methyl sites for hydroxylation is 1. The smallest absolute Gasteiger partial charge is 0.248 e. The van der Waals surface area contributed by atoms with Crippen LogP contribution >= 0.6 is 15.9 Å². The van der Waals surface area contributed by atoms with Crippen LogP contribution in [0, 0.1) is 0 Å². The van der Waals surface area contributed by atoms with Crippen molar-refractivity contribution in [3.05, 3.63) is 58.1 Å². The van der Waals surface area contributed by atoms with Crippen molar-refractivity contribution in [2.24, 2.45) is 5.73 Å². The number of amides is 2. The number of carbonyl (C=O) groups excluding carboxylic acids is 2. The summed E-state index contributed by atoms with van der Waals surface area (Å²) in [5, 5.41) is 2.79. The van der Waals surface area contributed by atoms with Gasteiger partial charge in [-0.05, 0) is 64.3 Å². The Kier molecular flexibility index (Phi) is 5.76. The van der Waals surface area contributed by atoms with Crippen molar-refractivity contribution in [2.75, 3.05) is 12.4 Å². The lowest BCUT2D eigenvalue weighted by Crippen LogP contribution is -2.13. The van der Waals surface area contributed by atoms with Gasteiger partial charge in [0.25, 0.3) is 0 Å². The normalized spacial score (nSPS) is 10.2. The molecule has 0 aliphatic carbocycles. The Balaban J connectivity index is 1.89. The van der Waals surface area contributed by atoms with E-state index in [9.17, 15) is 9.59 Å². The first kappa shape index (κ1) is 17.0. The first-order valence-electron chi connectivity index (χ1n) is 7.01. The van der Waals surface area contributed by atoms with Gasteiger partial charge in [0, 0.05) is 17.7 Å². The molecule has 0 aromatic heterocycles. The second-order valence-electron chi connectivity index (χ2n) is 4.96. The first-order valence-corrected chi connectivity index (χ1v) is 7.81. The highest BCUT2D eigenvalue weighted by Gasteiger charge is 2.06. The molecule has 120 valence electrons. The second kappa shape index (κ2) is 7.78. The fourth-order valence-electron chi connectivity index (χ4n) is 2.06. The summed E-state index contributed by atoms with van der Waals surface area (Å²) in [6.07, 6.45) is 0.976. The van der Waals surface area contributed by atoms with E-state index >= 15 is 0 Å². The van der Waals surface area contributed by atoms with Crippen LogP contribution < -0.4 is 15.8 Å². The molecule has 23 heavy (non-hydrogen) atoms. The van der Waals surface area contributed by atoms with Crippen molar-refractivity contribution in [3.8, 4) is 5.75 Å². The van der Waals surface area contributed by atoms with Gasteiger partial charge in [0.2, 0.25) is 11.8 Å². The van der Waals surface area contributed by atoms with Gasteiger partial charge in [0.1, 0.15) is 5.75 Å². The molecule has 0 radical (unpaired) electrons. The van der Waals surface area contributed by atoms with E-state index in [1.165, 1.54) is 0 Å². The number of nitrogens with two attached hydrogens (primary N) is 1. The molecule has 0 aliphatic rings. The summed E-state index contributed by atoms with van der Waals surface area (Å²) in [4.78, 5) is 23.0. The molecule has 2 amide bonds. The molecule has 2 aromatic carbocycles. The first-order chi connectivity index (χ1) is 11.0. The van der Waals surface area contributed by atoms with Gasteiger partial charge in [-0.2, -0.15) is 0 Å². The molecule has 5 nitrogen and oxygen atoms in total. The number of halogens is 1. The highest BCUT2D eigenvalue weighted by atomic mass is 79.9. The topological polar surface area (TPSA) is 81.4 Å². The molecular formula is C17H17BrN2O3. The molecule has 0 unspecified atom stereocenters. The average molecular weight is 377 g/mol. The third-order valence-corrected chi connectivity index (χ3v) is 3.93. The summed E-state index contributed by atoms with van der Waals surface area (Å²) in [5.74, 6) is 0.171. The number of benzene rings is 2. The number of rotatable bonds is 6. The van der Waals surface area contributed by atoms with Gasteiger partial charge in [-0.3, -0.25) is 9.59 Å². The molecule has 6 heteroatoms. The standard InChI is InChI=1S/C17H17BrN2O3/c1-23-15-8-2-11(10-14(15)18)3-9-16(21)20-13-6-4-12(5-7-13)17(19)22/h2,4-8,10H,3,9H2,1H3,(H2,19,22)(H,20,21). The van der Waals surface area contributed by atoms with E-state index in [0.717, 1.165) is 15.8 Å². The van der Waals surface area contributed by atoms with Crippen LogP contribution in [0.15, 0.2) is 46.9 Å². The van der Waals surface area contributed by atoms with Crippen molar-refractivity contribution in [3.63, 3.8) is 0 Å². The van der Waals surface area contributed by atoms with Gasteiger partial charge in [-0.25, -0.2) is 0 Å². The number of nitrogens with one attached hydrogen (secondary N) is 1. The lowest BCUT2D eigenvalue weighted by Gasteiger charge is -2.08. The molecule has 0 bridgehead atoms. The molecular weight excluding hydrogens is 360 g/mol. The molecule has 0 fully saturated rings. The predicted octanol–water partition coefficient (Wildman–Crippen LogP) is 3.13. The number of hydrogen-bond acceptors (Lipinski definition) is 3. The summed E-state index contributed by atoms with van der Waals surface area (Å²) < 4.78 is 6.03. The molecule has 2 aromatic rings.